The number of aromatic nitrogens is 2. The summed E-state index contributed by atoms with van der Waals surface area (Å²) in [4.78, 5) is 27.2. The number of anilines is 2. The van der Waals surface area contributed by atoms with Gasteiger partial charge >= 0.3 is 0 Å². The average Bonchev–Trinajstić information content (AvgIpc) is 2.76. The van der Waals surface area contributed by atoms with Crippen molar-refractivity contribution in [2.45, 2.75) is 26.7 Å². The molecule has 1 fully saturated rings. The van der Waals surface area contributed by atoms with Gasteiger partial charge in [-0.15, -0.1) is 5.10 Å². The van der Waals surface area contributed by atoms with Crippen LogP contribution in [0.15, 0.2) is 59.4 Å². The van der Waals surface area contributed by atoms with Crippen LogP contribution in [-0.2, 0) is 4.79 Å². The van der Waals surface area contributed by atoms with Gasteiger partial charge in [0, 0.05) is 24.8 Å². The van der Waals surface area contributed by atoms with Crippen molar-refractivity contribution < 1.29 is 9.18 Å². The molecule has 1 aromatic heterocycles. The van der Waals surface area contributed by atoms with E-state index in [0.717, 1.165) is 36.2 Å². The van der Waals surface area contributed by atoms with Crippen LogP contribution in [0.5, 0.6) is 0 Å². The van der Waals surface area contributed by atoms with Crippen LogP contribution in [0.1, 0.15) is 24.0 Å². The first kappa shape index (κ1) is 20.8. The van der Waals surface area contributed by atoms with Gasteiger partial charge < -0.3 is 10.2 Å². The zero-order valence-electron chi connectivity index (χ0n) is 17.6. The summed E-state index contributed by atoms with van der Waals surface area (Å²) in [7, 11) is 0. The third-order valence-electron chi connectivity index (χ3n) is 5.61. The highest BCUT2D eigenvalue weighted by molar-refractivity contribution is 5.93. The van der Waals surface area contributed by atoms with Crippen molar-refractivity contribution in [3.63, 3.8) is 0 Å². The van der Waals surface area contributed by atoms with Crippen LogP contribution in [0.3, 0.4) is 0 Å². The van der Waals surface area contributed by atoms with Gasteiger partial charge in [0.2, 0.25) is 5.91 Å². The number of carbonyl (C=O) groups is 1. The molecular weight excluding hydrogens is 395 g/mol. The first-order valence-electron chi connectivity index (χ1n) is 10.4. The first-order chi connectivity index (χ1) is 14.9. The van der Waals surface area contributed by atoms with Crippen LogP contribution in [0, 0.1) is 25.6 Å². The summed E-state index contributed by atoms with van der Waals surface area (Å²) >= 11 is 0. The van der Waals surface area contributed by atoms with E-state index in [2.05, 4.69) is 10.4 Å². The molecule has 0 spiro atoms. The Balaban J connectivity index is 1.53. The van der Waals surface area contributed by atoms with Gasteiger partial charge in [-0.25, -0.2) is 4.39 Å². The monoisotopic (exact) mass is 420 g/mol. The smallest absolute Gasteiger partial charge is 0.271 e. The third kappa shape index (κ3) is 4.66. The Morgan fingerprint density at radius 2 is 1.97 bits per heavy atom. The van der Waals surface area contributed by atoms with Gasteiger partial charge in [0.15, 0.2) is 0 Å². The minimum absolute atomic E-state index is 0.0168. The molecule has 0 bridgehead atoms. The van der Waals surface area contributed by atoms with Crippen molar-refractivity contribution in [2.75, 3.05) is 23.3 Å². The standard InChI is InChI=1S/C24H25FN4O2/c1-16-8-9-17(2)21(13-16)26-24(31)18-5-4-12-28(15-18)22-10-11-23(30)29(27-22)20-7-3-6-19(25)14-20/h3,6-11,13-14,18H,4-5,12,15H2,1-2H3,(H,26,31). The molecule has 160 valence electrons. The molecule has 2 aromatic carbocycles. The highest BCUT2D eigenvalue weighted by Gasteiger charge is 2.27. The lowest BCUT2D eigenvalue weighted by atomic mass is 9.96. The van der Waals surface area contributed by atoms with Crippen molar-refractivity contribution in [2.24, 2.45) is 5.92 Å². The molecule has 6 nitrogen and oxygen atoms in total. The van der Waals surface area contributed by atoms with Gasteiger partial charge in [-0.05, 0) is 68.1 Å². The maximum absolute atomic E-state index is 13.6. The van der Waals surface area contributed by atoms with Crippen LogP contribution < -0.4 is 15.8 Å². The molecular formula is C24H25FN4O2. The van der Waals surface area contributed by atoms with E-state index in [0.29, 0.717) is 18.1 Å². The lowest BCUT2D eigenvalue weighted by molar-refractivity contribution is -0.120. The molecule has 1 atom stereocenters. The highest BCUT2D eigenvalue weighted by atomic mass is 19.1. The molecule has 1 N–H and O–H groups in total. The first-order valence-corrected chi connectivity index (χ1v) is 10.4. The second-order valence-corrected chi connectivity index (χ2v) is 8.01. The normalized spacial score (nSPS) is 16.2. The number of benzene rings is 2. The molecule has 31 heavy (non-hydrogen) atoms. The summed E-state index contributed by atoms with van der Waals surface area (Å²) in [5.41, 5.74) is 2.98. The van der Waals surface area contributed by atoms with E-state index in [-0.39, 0.29) is 17.4 Å². The number of halogens is 1. The largest absolute Gasteiger partial charge is 0.354 e. The predicted octanol–water partition coefficient (Wildman–Crippen LogP) is 3.84. The summed E-state index contributed by atoms with van der Waals surface area (Å²) in [5, 5.41) is 7.50. The minimum Gasteiger partial charge on any atom is -0.354 e. The Kier molecular flexibility index (Phi) is 5.84. The molecule has 0 aliphatic carbocycles. The molecule has 1 aliphatic rings. The molecule has 1 aliphatic heterocycles. The SMILES string of the molecule is Cc1ccc(C)c(NC(=O)C2CCCN(c3ccc(=O)n(-c4cccc(F)c4)n3)C2)c1. The number of nitrogens with one attached hydrogen (secondary N) is 1. The fourth-order valence-electron chi connectivity index (χ4n) is 3.87. The van der Waals surface area contributed by atoms with Crippen LogP contribution in [-0.4, -0.2) is 28.8 Å². The van der Waals surface area contributed by atoms with E-state index >= 15 is 0 Å². The molecule has 3 aromatic rings. The fraction of sp³-hybridized carbons (Fsp3) is 0.292. The molecule has 1 amide bonds. The molecule has 7 heteroatoms. The topological polar surface area (TPSA) is 67.2 Å². The van der Waals surface area contributed by atoms with Gasteiger partial charge in [0.25, 0.3) is 5.56 Å². The zero-order chi connectivity index (χ0) is 22.0. The van der Waals surface area contributed by atoms with Crippen LogP contribution in [0.2, 0.25) is 0 Å². The molecule has 1 unspecified atom stereocenters. The second kappa shape index (κ2) is 8.71. The van der Waals surface area contributed by atoms with Crippen molar-refractivity contribution in [3.8, 4) is 5.69 Å². The lowest BCUT2D eigenvalue weighted by Crippen LogP contribution is -2.41. The van der Waals surface area contributed by atoms with Gasteiger partial charge in [-0.3, -0.25) is 9.59 Å². The van der Waals surface area contributed by atoms with E-state index in [1.54, 1.807) is 18.2 Å². The summed E-state index contributed by atoms with van der Waals surface area (Å²) in [6, 6.07) is 14.8. The van der Waals surface area contributed by atoms with Crippen molar-refractivity contribution in [3.05, 3.63) is 81.9 Å². The molecule has 4 rings (SSSR count). The van der Waals surface area contributed by atoms with Crippen molar-refractivity contribution in [1.29, 1.82) is 0 Å². The molecule has 0 radical (unpaired) electrons. The van der Waals surface area contributed by atoms with Crippen LogP contribution in [0.25, 0.3) is 5.69 Å². The summed E-state index contributed by atoms with van der Waals surface area (Å²) < 4.78 is 14.8. The van der Waals surface area contributed by atoms with Crippen LogP contribution in [0.4, 0.5) is 15.9 Å². The number of carbonyl (C=O) groups excluding carboxylic acids is 1. The van der Waals surface area contributed by atoms with E-state index < -0.39 is 5.82 Å². The van der Waals surface area contributed by atoms with E-state index in [9.17, 15) is 14.0 Å². The lowest BCUT2D eigenvalue weighted by Gasteiger charge is -2.33. The maximum atomic E-state index is 13.6. The Morgan fingerprint density at radius 1 is 1.13 bits per heavy atom. The van der Waals surface area contributed by atoms with E-state index in [4.69, 9.17) is 0 Å². The molecule has 0 saturated carbocycles. The average molecular weight is 420 g/mol. The predicted molar refractivity (Wildman–Crippen MR) is 119 cm³/mol. The van der Waals surface area contributed by atoms with E-state index in [1.807, 2.05) is 36.9 Å². The maximum Gasteiger partial charge on any atom is 0.271 e. The molecule has 2 heterocycles. The van der Waals surface area contributed by atoms with Crippen molar-refractivity contribution >= 4 is 17.4 Å². The Labute approximate surface area is 180 Å². The van der Waals surface area contributed by atoms with Gasteiger partial charge in [0.1, 0.15) is 11.6 Å². The van der Waals surface area contributed by atoms with Crippen LogP contribution >= 0.6 is 0 Å². The minimum atomic E-state index is -0.433. The fourth-order valence-corrected chi connectivity index (χ4v) is 3.87. The van der Waals surface area contributed by atoms with Gasteiger partial charge in [-0.2, -0.15) is 4.68 Å². The molecule has 1 saturated heterocycles. The highest BCUT2D eigenvalue weighted by Crippen LogP contribution is 2.24. The quantitative estimate of drug-likeness (QED) is 0.696. The Morgan fingerprint density at radius 3 is 2.77 bits per heavy atom. The second-order valence-electron chi connectivity index (χ2n) is 8.01. The Bertz CT molecular complexity index is 1170. The number of piperidine rings is 1. The Hall–Kier alpha value is -3.48. The van der Waals surface area contributed by atoms with Gasteiger partial charge in [-0.1, -0.05) is 18.2 Å². The number of rotatable bonds is 4. The summed E-state index contributed by atoms with van der Waals surface area (Å²) in [6.45, 7) is 5.21. The zero-order valence-corrected chi connectivity index (χ0v) is 17.6. The number of nitrogens with zero attached hydrogens (tertiary/aromatic N) is 3. The van der Waals surface area contributed by atoms with E-state index in [1.165, 1.54) is 22.9 Å². The summed E-state index contributed by atoms with van der Waals surface area (Å²) in [6.07, 6.45) is 1.63. The number of hydrogen-bond acceptors (Lipinski definition) is 4. The van der Waals surface area contributed by atoms with Crippen molar-refractivity contribution in [1.82, 2.24) is 9.78 Å². The summed E-state index contributed by atoms with van der Waals surface area (Å²) in [5.74, 6) is -0.0484. The number of hydrogen-bond donors (Lipinski definition) is 1. The number of aryl methyl sites for hydroxylation is 2. The number of amides is 1. The van der Waals surface area contributed by atoms with Gasteiger partial charge in [0.05, 0.1) is 11.6 Å². The third-order valence-corrected chi connectivity index (χ3v) is 5.61.